The van der Waals surface area contributed by atoms with E-state index in [1.807, 2.05) is 0 Å². The Bertz CT molecular complexity index is 815. The van der Waals surface area contributed by atoms with Crippen LogP contribution in [0.5, 0.6) is 0 Å². The van der Waals surface area contributed by atoms with Crippen LogP contribution in [0.1, 0.15) is 64.4 Å². The molecule has 2 aromatic carbocycles. The Morgan fingerprint density at radius 2 is 1.54 bits per heavy atom. The summed E-state index contributed by atoms with van der Waals surface area (Å²) in [6.07, 6.45) is 10.1. The maximum Gasteiger partial charge on any atom is 0.146 e. The van der Waals surface area contributed by atoms with Gasteiger partial charge in [-0.25, -0.2) is 0 Å². The first-order valence-electron chi connectivity index (χ1n) is 10.8. The second-order valence-corrected chi connectivity index (χ2v) is 8.40. The van der Waals surface area contributed by atoms with Crippen LogP contribution in [0.3, 0.4) is 0 Å². The lowest BCUT2D eigenvalue weighted by molar-refractivity contribution is 0.379. The summed E-state index contributed by atoms with van der Waals surface area (Å²) < 4.78 is 0. The van der Waals surface area contributed by atoms with Crippen LogP contribution in [0.25, 0.3) is 10.8 Å². The van der Waals surface area contributed by atoms with Gasteiger partial charge in [0.15, 0.2) is 0 Å². The molecule has 1 aliphatic rings. The van der Waals surface area contributed by atoms with Crippen LogP contribution in [-0.2, 0) is 6.42 Å². The third-order valence-corrected chi connectivity index (χ3v) is 6.56. The third kappa shape index (κ3) is 4.78. The van der Waals surface area contributed by atoms with E-state index in [9.17, 15) is 0 Å². The number of hydrogen-bond acceptors (Lipinski definition) is 2. The fraction of sp³-hybridized carbons (Fsp3) is 0.500. The summed E-state index contributed by atoms with van der Waals surface area (Å²) in [7, 11) is 0. The lowest BCUT2D eigenvalue weighted by Gasteiger charge is -2.26. The summed E-state index contributed by atoms with van der Waals surface area (Å²) in [5.74, 6) is 0. The maximum atomic E-state index is 6.72. The van der Waals surface area contributed by atoms with Crippen LogP contribution in [0, 0.1) is 0 Å². The fourth-order valence-corrected chi connectivity index (χ4v) is 4.54. The van der Waals surface area contributed by atoms with Crippen molar-refractivity contribution in [3.8, 4) is 0 Å². The van der Waals surface area contributed by atoms with Crippen molar-refractivity contribution in [2.75, 3.05) is 18.1 Å². The Balaban J connectivity index is 1.69. The molecular formula is C24H32Cl2N2. The quantitative estimate of drug-likeness (QED) is 0.286. The summed E-state index contributed by atoms with van der Waals surface area (Å²) in [6, 6.07) is 12.9. The molecule has 0 aromatic heterocycles. The molecule has 0 spiro atoms. The molecule has 0 amide bonds. The first-order chi connectivity index (χ1) is 13.7. The molecule has 2 nitrogen and oxygen atoms in total. The smallest absolute Gasteiger partial charge is 0.146 e. The predicted molar refractivity (Wildman–Crippen MR) is 124 cm³/mol. The Kier molecular flexibility index (Phi) is 7.93. The van der Waals surface area contributed by atoms with Crippen LogP contribution < -0.4 is 4.90 Å². The number of nitrogens with zero attached hydrogens (tertiary/aromatic N) is 2. The van der Waals surface area contributed by atoms with Crippen molar-refractivity contribution in [2.24, 2.45) is 0 Å². The van der Waals surface area contributed by atoms with Gasteiger partial charge in [-0.05, 0) is 23.8 Å². The molecule has 0 fully saturated rings. The van der Waals surface area contributed by atoms with Gasteiger partial charge in [-0.3, -0.25) is 0 Å². The first-order valence-corrected chi connectivity index (χ1v) is 11.5. The van der Waals surface area contributed by atoms with Crippen molar-refractivity contribution in [3.05, 3.63) is 52.3 Å². The van der Waals surface area contributed by atoms with Crippen molar-refractivity contribution < 1.29 is 0 Å². The van der Waals surface area contributed by atoms with Crippen molar-refractivity contribution in [3.63, 3.8) is 0 Å². The molecule has 0 saturated heterocycles. The summed E-state index contributed by atoms with van der Waals surface area (Å²) in [6.45, 7) is 6.15. The zero-order valence-corrected chi connectivity index (χ0v) is 18.7. The zero-order valence-electron chi connectivity index (χ0n) is 17.2. The molecule has 0 radical (unpaired) electrons. The molecule has 0 atom stereocenters. The van der Waals surface area contributed by atoms with Crippen LogP contribution in [0.2, 0.25) is 0 Å². The van der Waals surface area contributed by atoms with Gasteiger partial charge in [-0.2, -0.15) is 0 Å². The molecule has 3 rings (SSSR count). The van der Waals surface area contributed by atoms with Crippen LogP contribution in [0.4, 0.5) is 5.69 Å². The lowest BCUT2D eigenvalue weighted by atomic mass is 10.0. The van der Waals surface area contributed by atoms with Gasteiger partial charge in [0.25, 0.3) is 0 Å². The van der Waals surface area contributed by atoms with Gasteiger partial charge in [-0.15, -0.1) is 0 Å². The first kappa shape index (κ1) is 21.3. The number of aryl methyl sites for hydroxylation is 1. The van der Waals surface area contributed by atoms with E-state index in [0.29, 0.717) is 10.3 Å². The summed E-state index contributed by atoms with van der Waals surface area (Å²) in [5, 5.41) is 3.81. The Hall–Kier alpha value is -1.38. The molecule has 0 aliphatic carbocycles. The zero-order chi connectivity index (χ0) is 19.9. The van der Waals surface area contributed by atoms with Crippen LogP contribution in [-0.4, -0.2) is 18.1 Å². The third-order valence-electron chi connectivity index (χ3n) is 5.66. The van der Waals surface area contributed by atoms with E-state index < -0.39 is 0 Å². The largest absolute Gasteiger partial charge is 0.342 e. The van der Waals surface area contributed by atoms with Crippen molar-refractivity contribution >= 4 is 39.7 Å². The highest BCUT2D eigenvalue weighted by molar-refractivity contribution is 6.40. The molecule has 0 unspecified atom stereocenters. The van der Waals surface area contributed by atoms with Gasteiger partial charge >= 0.3 is 0 Å². The fourth-order valence-electron chi connectivity index (χ4n) is 4.04. The minimum absolute atomic E-state index is 0.649. The van der Waals surface area contributed by atoms with E-state index >= 15 is 0 Å². The lowest BCUT2D eigenvalue weighted by Crippen LogP contribution is -2.28. The Labute approximate surface area is 180 Å². The second kappa shape index (κ2) is 10.4. The topological polar surface area (TPSA) is 6.48 Å². The van der Waals surface area contributed by atoms with Crippen molar-refractivity contribution in [1.29, 1.82) is 0 Å². The molecule has 28 heavy (non-hydrogen) atoms. The number of unbranched alkanes of at least 4 members (excludes halogenated alkanes) is 6. The number of rotatable bonds is 10. The number of halogens is 2. The van der Waals surface area contributed by atoms with E-state index in [-0.39, 0.29) is 0 Å². The molecule has 4 heteroatoms. The van der Waals surface area contributed by atoms with E-state index in [1.165, 1.54) is 60.5 Å². The highest BCUT2D eigenvalue weighted by atomic mass is 35.5. The van der Waals surface area contributed by atoms with E-state index in [4.69, 9.17) is 23.2 Å². The molecule has 2 aromatic rings. The van der Waals surface area contributed by atoms with Gasteiger partial charge in [0.05, 0.1) is 12.4 Å². The van der Waals surface area contributed by atoms with Gasteiger partial charge in [-0.1, -0.05) is 112 Å². The summed E-state index contributed by atoms with van der Waals surface area (Å²) >= 11 is 13.3. The molecule has 1 aliphatic heterocycles. The molecular weight excluding hydrogens is 387 g/mol. The number of benzene rings is 2. The van der Waals surface area contributed by atoms with Gasteiger partial charge in [0, 0.05) is 11.9 Å². The number of anilines is 1. The Morgan fingerprint density at radius 1 is 0.821 bits per heavy atom. The molecule has 152 valence electrons. The normalized spacial score (nSPS) is 14.6. The van der Waals surface area contributed by atoms with Crippen LogP contribution in [0.15, 0.2) is 46.7 Å². The second-order valence-electron chi connectivity index (χ2n) is 7.68. The molecule has 1 heterocycles. The maximum absolute atomic E-state index is 6.72. The molecule has 0 bridgehead atoms. The van der Waals surface area contributed by atoms with Gasteiger partial charge in [0.2, 0.25) is 0 Å². The average molecular weight is 419 g/mol. The molecule has 0 saturated carbocycles. The summed E-state index contributed by atoms with van der Waals surface area (Å²) in [5.41, 5.74) is 2.50. The minimum atomic E-state index is 0.649. The monoisotopic (exact) mass is 418 g/mol. The number of hydrogen-bond donors (Lipinski definition) is 0. The summed E-state index contributed by atoms with van der Waals surface area (Å²) in [4.78, 5) is 4.41. The van der Waals surface area contributed by atoms with Crippen molar-refractivity contribution in [1.82, 2.24) is 4.90 Å². The van der Waals surface area contributed by atoms with E-state index in [2.05, 4.69) is 60.0 Å². The highest BCUT2D eigenvalue weighted by Crippen LogP contribution is 2.40. The van der Waals surface area contributed by atoms with Gasteiger partial charge in [0.1, 0.15) is 10.3 Å². The van der Waals surface area contributed by atoms with Crippen molar-refractivity contribution in [2.45, 2.75) is 65.2 Å². The predicted octanol–water partition coefficient (Wildman–Crippen LogP) is 7.84. The molecule has 0 N–H and O–H groups in total. The highest BCUT2D eigenvalue weighted by Gasteiger charge is 2.29. The average Bonchev–Trinajstić information content (AvgIpc) is 3.00. The SMILES string of the molecule is CCCCCCCCCN1CN(c2c(CC)ccc3ccccc23)C(Cl)=C1Cl. The van der Waals surface area contributed by atoms with E-state index in [1.54, 1.807) is 0 Å². The van der Waals surface area contributed by atoms with Gasteiger partial charge < -0.3 is 9.80 Å². The minimum Gasteiger partial charge on any atom is -0.342 e. The number of fused-ring (bicyclic) bond motifs is 1. The van der Waals surface area contributed by atoms with E-state index in [0.717, 1.165) is 26.1 Å². The Morgan fingerprint density at radius 3 is 2.29 bits per heavy atom. The van der Waals surface area contributed by atoms with Crippen LogP contribution >= 0.6 is 23.2 Å². The standard InChI is InChI=1S/C24H32Cl2N2/c1-3-5-6-7-8-9-12-17-27-18-28(24(26)23(27)25)22-19(4-2)15-16-20-13-10-11-14-21(20)22/h10-11,13-16H,3-9,12,17-18H2,1-2H3.